The number of hydrogen-bond acceptors (Lipinski definition) is 2. The van der Waals surface area contributed by atoms with E-state index in [1.54, 1.807) is 11.9 Å². The summed E-state index contributed by atoms with van der Waals surface area (Å²) in [6, 6.07) is 0.185. The van der Waals surface area contributed by atoms with Gasteiger partial charge in [-0.05, 0) is 34.0 Å². The van der Waals surface area contributed by atoms with Crippen molar-refractivity contribution in [2.75, 3.05) is 27.2 Å². The molecule has 0 fully saturated rings. The average molecular weight is 212 g/mol. The van der Waals surface area contributed by atoms with E-state index in [0.717, 1.165) is 13.0 Å². The molecule has 0 spiro atoms. The van der Waals surface area contributed by atoms with Gasteiger partial charge in [-0.15, -0.1) is 0 Å². The van der Waals surface area contributed by atoms with Gasteiger partial charge < -0.3 is 10.2 Å². The molecule has 1 unspecified atom stereocenters. The van der Waals surface area contributed by atoms with Crippen molar-refractivity contribution in [3.8, 4) is 0 Å². The standard InChI is InChI=1S/C9H19F3N2/c1-8(4-6-13-2)14(3)7-5-9(10,11)12/h8,13H,4-7H2,1-3H3. The van der Waals surface area contributed by atoms with Crippen molar-refractivity contribution in [2.24, 2.45) is 0 Å². The highest BCUT2D eigenvalue weighted by Crippen LogP contribution is 2.20. The number of nitrogens with zero attached hydrogens (tertiary/aromatic N) is 1. The lowest BCUT2D eigenvalue weighted by molar-refractivity contribution is -0.138. The first-order chi connectivity index (χ1) is 6.37. The van der Waals surface area contributed by atoms with E-state index in [0.29, 0.717) is 0 Å². The van der Waals surface area contributed by atoms with Crippen LogP contribution in [0.3, 0.4) is 0 Å². The van der Waals surface area contributed by atoms with E-state index in [2.05, 4.69) is 5.32 Å². The van der Waals surface area contributed by atoms with Crippen LogP contribution in [0.2, 0.25) is 0 Å². The summed E-state index contributed by atoms with van der Waals surface area (Å²) in [5, 5.41) is 2.98. The first kappa shape index (κ1) is 13.7. The molecule has 0 amide bonds. The van der Waals surface area contributed by atoms with Crippen LogP contribution >= 0.6 is 0 Å². The van der Waals surface area contributed by atoms with E-state index in [4.69, 9.17) is 0 Å². The van der Waals surface area contributed by atoms with Crippen molar-refractivity contribution >= 4 is 0 Å². The Morgan fingerprint density at radius 3 is 2.36 bits per heavy atom. The van der Waals surface area contributed by atoms with Gasteiger partial charge in [-0.25, -0.2) is 0 Å². The van der Waals surface area contributed by atoms with Gasteiger partial charge in [0.05, 0.1) is 6.42 Å². The maximum absolute atomic E-state index is 11.9. The summed E-state index contributed by atoms with van der Waals surface area (Å²) < 4.78 is 35.7. The zero-order valence-electron chi connectivity index (χ0n) is 8.99. The normalized spacial score (nSPS) is 14.8. The Morgan fingerprint density at radius 2 is 1.93 bits per heavy atom. The van der Waals surface area contributed by atoms with Gasteiger partial charge >= 0.3 is 6.18 Å². The molecule has 1 atom stereocenters. The predicted molar refractivity (Wildman–Crippen MR) is 51.3 cm³/mol. The Bertz CT molecular complexity index is 147. The smallest absolute Gasteiger partial charge is 0.320 e. The third-order valence-electron chi connectivity index (χ3n) is 2.31. The van der Waals surface area contributed by atoms with Crippen LogP contribution in [0.5, 0.6) is 0 Å². The molecule has 0 saturated carbocycles. The molecule has 0 radical (unpaired) electrons. The second-order valence-corrected chi connectivity index (χ2v) is 3.59. The van der Waals surface area contributed by atoms with Crippen molar-refractivity contribution in [2.45, 2.75) is 32.0 Å². The largest absolute Gasteiger partial charge is 0.390 e. The first-order valence-corrected chi connectivity index (χ1v) is 4.78. The molecule has 14 heavy (non-hydrogen) atoms. The van der Waals surface area contributed by atoms with Crippen LogP contribution in [0.1, 0.15) is 19.8 Å². The monoisotopic (exact) mass is 212 g/mol. The Balaban J connectivity index is 3.67. The van der Waals surface area contributed by atoms with E-state index >= 15 is 0 Å². The lowest BCUT2D eigenvalue weighted by atomic mass is 10.2. The number of alkyl halides is 3. The molecule has 0 aliphatic carbocycles. The molecule has 2 nitrogen and oxygen atoms in total. The molecule has 0 heterocycles. The molecule has 0 aromatic rings. The Labute approximate surface area is 83.5 Å². The Morgan fingerprint density at radius 1 is 1.36 bits per heavy atom. The Hall–Kier alpha value is -0.290. The maximum Gasteiger partial charge on any atom is 0.390 e. The second kappa shape index (κ2) is 6.24. The summed E-state index contributed by atoms with van der Waals surface area (Å²) in [6.07, 6.45) is -3.91. The SMILES string of the molecule is CNCCC(C)N(C)CCC(F)(F)F. The summed E-state index contributed by atoms with van der Waals surface area (Å²) in [6.45, 7) is 2.85. The highest BCUT2D eigenvalue weighted by Gasteiger charge is 2.27. The fourth-order valence-corrected chi connectivity index (χ4v) is 1.10. The fourth-order valence-electron chi connectivity index (χ4n) is 1.10. The van der Waals surface area contributed by atoms with Gasteiger partial charge in [0.1, 0.15) is 0 Å². The van der Waals surface area contributed by atoms with E-state index in [1.165, 1.54) is 0 Å². The number of rotatable bonds is 6. The van der Waals surface area contributed by atoms with Gasteiger partial charge in [0.25, 0.3) is 0 Å². The van der Waals surface area contributed by atoms with Crippen LogP contribution in [-0.2, 0) is 0 Å². The van der Waals surface area contributed by atoms with Crippen LogP contribution in [-0.4, -0.2) is 44.3 Å². The molecule has 0 aliphatic heterocycles. The van der Waals surface area contributed by atoms with E-state index in [1.807, 2.05) is 14.0 Å². The first-order valence-electron chi connectivity index (χ1n) is 4.78. The zero-order valence-corrected chi connectivity index (χ0v) is 8.99. The lowest BCUT2D eigenvalue weighted by Gasteiger charge is -2.24. The summed E-state index contributed by atoms with van der Waals surface area (Å²) in [4.78, 5) is 1.74. The molecule has 0 aromatic carbocycles. The van der Waals surface area contributed by atoms with Gasteiger partial charge in [-0.1, -0.05) is 0 Å². The predicted octanol–water partition coefficient (Wildman–Crippen LogP) is 1.87. The molecular weight excluding hydrogens is 193 g/mol. The van der Waals surface area contributed by atoms with Gasteiger partial charge in [0.15, 0.2) is 0 Å². The summed E-state index contributed by atoms with van der Waals surface area (Å²) in [5.74, 6) is 0. The van der Waals surface area contributed by atoms with E-state index in [9.17, 15) is 13.2 Å². The average Bonchev–Trinajstić information content (AvgIpc) is 2.09. The van der Waals surface area contributed by atoms with Crippen molar-refractivity contribution in [3.63, 3.8) is 0 Å². The molecule has 0 bridgehead atoms. The number of hydrogen-bond donors (Lipinski definition) is 1. The zero-order chi connectivity index (χ0) is 11.2. The van der Waals surface area contributed by atoms with Crippen LogP contribution in [0, 0.1) is 0 Å². The van der Waals surface area contributed by atoms with Crippen molar-refractivity contribution in [3.05, 3.63) is 0 Å². The van der Waals surface area contributed by atoms with Gasteiger partial charge in [0.2, 0.25) is 0 Å². The van der Waals surface area contributed by atoms with Crippen LogP contribution < -0.4 is 5.32 Å². The summed E-state index contributed by atoms with van der Waals surface area (Å²) >= 11 is 0. The fraction of sp³-hybridized carbons (Fsp3) is 1.00. The quantitative estimate of drug-likeness (QED) is 0.723. The van der Waals surface area contributed by atoms with Gasteiger partial charge in [-0.2, -0.15) is 13.2 Å². The van der Waals surface area contributed by atoms with Crippen molar-refractivity contribution < 1.29 is 13.2 Å². The highest BCUT2D eigenvalue weighted by atomic mass is 19.4. The van der Waals surface area contributed by atoms with E-state index < -0.39 is 12.6 Å². The molecular formula is C9H19F3N2. The van der Waals surface area contributed by atoms with Crippen LogP contribution in [0.25, 0.3) is 0 Å². The molecule has 1 N–H and O–H groups in total. The van der Waals surface area contributed by atoms with Crippen molar-refractivity contribution in [1.82, 2.24) is 10.2 Å². The van der Waals surface area contributed by atoms with Gasteiger partial charge in [0, 0.05) is 12.6 Å². The Kier molecular flexibility index (Phi) is 6.11. The highest BCUT2D eigenvalue weighted by molar-refractivity contribution is 4.65. The number of halogens is 3. The molecule has 0 rings (SSSR count). The minimum Gasteiger partial charge on any atom is -0.320 e. The van der Waals surface area contributed by atoms with Crippen molar-refractivity contribution in [1.29, 1.82) is 0 Å². The van der Waals surface area contributed by atoms with Crippen LogP contribution in [0.4, 0.5) is 13.2 Å². The summed E-state index contributed by atoms with van der Waals surface area (Å²) in [5.41, 5.74) is 0. The summed E-state index contributed by atoms with van der Waals surface area (Å²) in [7, 11) is 3.56. The molecule has 5 heteroatoms. The second-order valence-electron chi connectivity index (χ2n) is 3.59. The number of nitrogens with one attached hydrogen (secondary N) is 1. The minimum atomic E-state index is -4.04. The lowest BCUT2D eigenvalue weighted by Crippen LogP contribution is -2.34. The van der Waals surface area contributed by atoms with E-state index in [-0.39, 0.29) is 12.6 Å². The minimum absolute atomic E-state index is 0.0778. The topological polar surface area (TPSA) is 15.3 Å². The third kappa shape index (κ3) is 7.15. The molecule has 0 saturated heterocycles. The molecule has 0 aliphatic rings. The van der Waals surface area contributed by atoms with Crippen LogP contribution in [0.15, 0.2) is 0 Å². The third-order valence-corrected chi connectivity index (χ3v) is 2.31. The maximum atomic E-state index is 11.9. The molecule has 86 valence electrons. The molecule has 0 aromatic heterocycles. The van der Waals surface area contributed by atoms with Gasteiger partial charge in [-0.3, -0.25) is 0 Å².